The first kappa shape index (κ1) is 7.13. The van der Waals surface area contributed by atoms with E-state index in [9.17, 15) is 0 Å². The van der Waals surface area contributed by atoms with Crippen LogP contribution in [0, 0.1) is 6.92 Å². The van der Waals surface area contributed by atoms with Crippen molar-refractivity contribution in [3.8, 4) is 0 Å². The lowest BCUT2D eigenvalue weighted by Gasteiger charge is -2.01. The Morgan fingerprint density at radius 1 is 1.31 bits per heavy atom. The Morgan fingerprint density at radius 3 is 3.15 bits per heavy atom. The third-order valence-corrected chi connectivity index (χ3v) is 2.84. The molecule has 0 aromatic carbocycles. The molecule has 1 aliphatic carbocycles. The molecule has 2 heterocycles. The maximum absolute atomic E-state index is 4.62. The Bertz CT molecular complexity index is 468. The zero-order chi connectivity index (χ0) is 8.84. The Labute approximate surface area is 77.2 Å². The van der Waals surface area contributed by atoms with Crippen LogP contribution in [0.2, 0.25) is 0 Å². The molecule has 0 spiro atoms. The average molecular weight is 172 g/mol. The lowest BCUT2D eigenvalue weighted by Crippen LogP contribution is -1.94. The second-order valence-corrected chi connectivity index (χ2v) is 3.72. The third-order valence-electron chi connectivity index (χ3n) is 2.84. The highest BCUT2D eigenvalue weighted by molar-refractivity contribution is 5.46. The number of rotatable bonds is 0. The number of imidazole rings is 1. The molecule has 2 heteroatoms. The van der Waals surface area contributed by atoms with Gasteiger partial charge >= 0.3 is 0 Å². The lowest BCUT2D eigenvalue weighted by atomic mass is 10.3. The van der Waals surface area contributed by atoms with Crippen LogP contribution in [0.5, 0.6) is 0 Å². The molecule has 0 fully saturated rings. The fraction of sp³-hybridized carbons (Fsp3) is 0.364. The van der Waals surface area contributed by atoms with Gasteiger partial charge < -0.3 is 4.40 Å². The maximum atomic E-state index is 4.62. The molecular formula is C11H12N2. The Morgan fingerprint density at radius 2 is 2.23 bits per heavy atom. The topological polar surface area (TPSA) is 17.3 Å². The summed E-state index contributed by atoms with van der Waals surface area (Å²) < 4.78 is 2.29. The normalized spacial score (nSPS) is 15.2. The van der Waals surface area contributed by atoms with Gasteiger partial charge in [-0.2, -0.15) is 0 Å². The highest BCUT2D eigenvalue weighted by Crippen LogP contribution is 2.23. The van der Waals surface area contributed by atoms with Gasteiger partial charge in [0, 0.05) is 11.4 Å². The van der Waals surface area contributed by atoms with E-state index in [0.717, 1.165) is 12.1 Å². The van der Waals surface area contributed by atoms with E-state index < -0.39 is 0 Å². The van der Waals surface area contributed by atoms with Gasteiger partial charge in [0.15, 0.2) is 0 Å². The van der Waals surface area contributed by atoms with Crippen LogP contribution in [0.25, 0.3) is 5.65 Å². The quantitative estimate of drug-likeness (QED) is 0.595. The SMILES string of the molecule is Cc1cccc2nc3c(n12)CCC3. The van der Waals surface area contributed by atoms with Crippen molar-refractivity contribution < 1.29 is 0 Å². The largest absolute Gasteiger partial charge is 0.301 e. The average Bonchev–Trinajstić information content (AvgIpc) is 2.62. The van der Waals surface area contributed by atoms with E-state index in [1.165, 1.54) is 29.9 Å². The fourth-order valence-corrected chi connectivity index (χ4v) is 2.25. The molecule has 2 aromatic rings. The second-order valence-electron chi connectivity index (χ2n) is 3.72. The lowest BCUT2D eigenvalue weighted by molar-refractivity contribution is 0.862. The summed E-state index contributed by atoms with van der Waals surface area (Å²) in [5.41, 5.74) is 5.17. The standard InChI is InChI=1S/C11H12N2/c1-8-4-2-7-11-12-9-5-3-6-10(9)13(8)11/h2,4,7H,3,5-6H2,1H3. The molecule has 0 saturated heterocycles. The molecule has 0 saturated carbocycles. The molecule has 13 heavy (non-hydrogen) atoms. The van der Waals surface area contributed by atoms with Gasteiger partial charge in [-0.15, -0.1) is 0 Å². The van der Waals surface area contributed by atoms with Crippen molar-refractivity contribution >= 4 is 5.65 Å². The van der Waals surface area contributed by atoms with Crippen LogP contribution in [0.4, 0.5) is 0 Å². The molecule has 0 bridgehead atoms. The minimum atomic E-state index is 1.12. The van der Waals surface area contributed by atoms with Gasteiger partial charge in [-0.3, -0.25) is 0 Å². The molecule has 0 unspecified atom stereocenters. The van der Waals surface area contributed by atoms with E-state index in [1.54, 1.807) is 0 Å². The molecule has 3 rings (SSSR count). The zero-order valence-electron chi connectivity index (χ0n) is 7.75. The van der Waals surface area contributed by atoms with Gasteiger partial charge in [0.25, 0.3) is 0 Å². The Kier molecular flexibility index (Phi) is 1.29. The molecule has 1 aliphatic rings. The summed E-state index contributed by atoms with van der Waals surface area (Å²) in [6, 6.07) is 6.31. The van der Waals surface area contributed by atoms with Gasteiger partial charge in [-0.05, 0) is 38.3 Å². The van der Waals surface area contributed by atoms with E-state index in [2.05, 4.69) is 34.5 Å². The fourth-order valence-electron chi connectivity index (χ4n) is 2.25. The van der Waals surface area contributed by atoms with Crippen LogP contribution in [-0.4, -0.2) is 9.38 Å². The Hall–Kier alpha value is -1.31. The van der Waals surface area contributed by atoms with Crippen molar-refractivity contribution in [2.45, 2.75) is 26.2 Å². The highest BCUT2D eigenvalue weighted by atomic mass is 15.0. The molecule has 0 aliphatic heterocycles. The number of aromatic nitrogens is 2. The van der Waals surface area contributed by atoms with Crippen LogP contribution in [0.3, 0.4) is 0 Å². The van der Waals surface area contributed by atoms with Gasteiger partial charge in [0.05, 0.1) is 5.69 Å². The highest BCUT2D eigenvalue weighted by Gasteiger charge is 2.17. The summed E-state index contributed by atoms with van der Waals surface area (Å²) in [5.74, 6) is 0. The summed E-state index contributed by atoms with van der Waals surface area (Å²) in [4.78, 5) is 4.62. The third kappa shape index (κ3) is 0.857. The minimum absolute atomic E-state index is 1.12. The maximum Gasteiger partial charge on any atom is 0.137 e. The van der Waals surface area contributed by atoms with Crippen molar-refractivity contribution in [3.05, 3.63) is 35.3 Å². The van der Waals surface area contributed by atoms with Gasteiger partial charge in [0.1, 0.15) is 5.65 Å². The first-order valence-corrected chi connectivity index (χ1v) is 4.82. The van der Waals surface area contributed by atoms with Crippen molar-refractivity contribution in [2.75, 3.05) is 0 Å². The van der Waals surface area contributed by atoms with Crippen molar-refractivity contribution in [1.29, 1.82) is 0 Å². The second kappa shape index (κ2) is 2.34. The number of nitrogens with zero attached hydrogens (tertiary/aromatic N) is 2. The van der Waals surface area contributed by atoms with Gasteiger partial charge in [0.2, 0.25) is 0 Å². The van der Waals surface area contributed by atoms with Crippen LogP contribution in [0.1, 0.15) is 23.5 Å². The molecule has 0 atom stereocenters. The van der Waals surface area contributed by atoms with E-state index in [1.807, 2.05) is 0 Å². The van der Waals surface area contributed by atoms with Gasteiger partial charge in [-0.1, -0.05) is 6.07 Å². The molecule has 0 radical (unpaired) electrons. The summed E-state index contributed by atoms with van der Waals surface area (Å²) in [7, 11) is 0. The number of hydrogen-bond donors (Lipinski definition) is 0. The predicted octanol–water partition coefficient (Wildman–Crippen LogP) is 2.13. The monoisotopic (exact) mass is 172 g/mol. The summed E-state index contributed by atoms with van der Waals surface area (Å²) in [5, 5.41) is 0. The Balaban J connectivity index is 2.46. The number of pyridine rings is 1. The molecule has 0 N–H and O–H groups in total. The predicted molar refractivity (Wildman–Crippen MR) is 52.0 cm³/mol. The van der Waals surface area contributed by atoms with E-state index in [0.29, 0.717) is 0 Å². The van der Waals surface area contributed by atoms with E-state index in [4.69, 9.17) is 0 Å². The minimum Gasteiger partial charge on any atom is -0.301 e. The summed E-state index contributed by atoms with van der Waals surface area (Å²) >= 11 is 0. The van der Waals surface area contributed by atoms with Crippen LogP contribution in [0.15, 0.2) is 18.2 Å². The van der Waals surface area contributed by atoms with Crippen molar-refractivity contribution in [1.82, 2.24) is 9.38 Å². The van der Waals surface area contributed by atoms with Crippen LogP contribution < -0.4 is 0 Å². The summed E-state index contributed by atoms with van der Waals surface area (Å²) in [6.07, 6.45) is 3.63. The summed E-state index contributed by atoms with van der Waals surface area (Å²) in [6.45, 7) is 2.15. The van der Waals surface area contributed by atoms with E-state index >= 15 is 0 Å². The van der Waals surface area contributed by atoms with Crippen molar-refractivity contribution in [2.24, 2.45) is 0 Å². The molecule has 2 aromatic heterocycles. The van der Waals surface area contributed by atoms with Gasteiger partial charge in [-0.25, -0.2) is 4.98 Å². The molecule has 66 valence electrons. The molecule has 0 amide bonds. The van der Waals surface area contributed by atoms with Crippen molar-refractivity contribution in [3.63, 3.8) is 0 Å². The first-order valence-electron chi connectivity index (χ1n) is 4.82. The number of fused-ring (bicyclic) bond motifs is 3. The van der Waals surface area contributed by atoms with Crippen LogP contribution >= 0.6 is 0 Å². The van der Waals surface area contributed by atoms with Crippen LogP contribution in [-0.2, 0) is 12.8 Å². The number of aryl methyl sites for hydroxylation is 3. The molecular weight excluding hydrogens is 160 g/mol. The zero-order valence-corrected chi connectivity index (χ0v) is 7.75. The molecule has 2 nitrogen and oxygen atoms in total. The smallest absolute Gasteiger partial charge is 0.137 e. The first-order chi connectivity index (χ1) is 6.36. The number of hydrogen-bond acceptors (Lipinski definition) is 1. The van der Waals surface area contributed by atoms with E-state index in [-0.39, 0.29) is 0 Å².